The first-order chi connectivity index (χ1) is 9.71. The van der Waals surface area contributed by atoms with Crippen molar-refractivity contribution in [2.24, 2.45) is 0 Å². The number of nitrogens with zero attached hydrogens (tertiary/aromatic N) is 2. The maximum absolute atomic E-state index is 11.6. The number of carbonyl (C=O) groups is 1. The summed E-state index contributed by atoms with van der Waals surface area (Å²) in [5.41, 5.74) is 0.739. The second-order valence-corrected chi connectivity index (χ2v) is 6.44. The highest BCUT2D eigenvalue weighted by Crippen LogP contribution is 2.28. The summed E-state index contributed by atoms with van der Waals surface area (Å²) in [7, 11) is 0. The Morgan fingerprint density at radius 3 is 2.35 bits per heavy atom. The monoisotopic (exact) mass is 272 g/mol. The summed E-state index contributed by atoms with van der Waals surface area (Å²) in [5, 5.41) is 0. The molecule has 1 atom stereocenters. The summed E-state index contributed by atoms with van der Waals surface area (Å²) < 4.78 is 0. The Bertz CT molecular complexity index is 449. The van der Waals surface area contributed by atoms with Gasteiger partial charge in [-0.2, -0.15) is 0 Å². The summed E-state index contributed by atoms with van der Waals surface area (Å²) in [6, 6.07) is 11.0. The Morgan fingerprint density at radius 2 is 1.80 bits per heavy atom. The molecule has 1 aromatic carbocycles. The average Bonchev–Trinajstić information content (AvgIpc) is 3.33. The molecule has 0 amide bonds. The van der Waals surface area contributed by atoms with Crippen molar-refractivity contribution in [1.82, 2.24) is 9.80 Å². The summed E-state index contributed by atoms with van der Waals surface area (Å²) in [6.07, 6.45) is 3.89. The molecule has 20 heavy (non-hydrogen) atoms. The van der Waals surface area contributed by atoms with Crippen LogP contribution in [0.25, 0.3) is 0 Å². The molecule has 1 aromatic rings. The van der Waals surface area contributed by atoms with E-state index in [0.29, 0.717) is 0 Å². The number of benzene rings is 1. The highest BCUT2D eigenvalue weighted by atomic mass is 16.1. The summed E-state index contributed by atoms with van der Waals surface area (Å²) >= 11 is 0. The number of piperazine rings is 1. The van der Waals surface area contributed by atoms with Gasteiger partial charge < -0.3 is 4.79 Å². The third-order valence-electron chi connectivity index (χ3n) is 4.72. The molecule has 1 saturated heterocycles. The Balaban J connectivity index is 1.62. The van der Waals surface area contributed by atoms with E-state index >= 15 is 0 Å². The lowest BCUT2D eigenvalue weighted by atomic mass is 9.83. The minimum absolute atomic E-state index is 0.386. The first-order valence-electron chi connectivity index (χ1n) is 7.69. The van der Waals surface area contributed by atoms with Gasteiger partial charge in [0.25, 0.3) is 0 Å². The van der Waals surface area contributed by atoms with Crippen LogP contribution < -0.4 is 0 Å². The van der Waals surface area contributed by atoms with Crippen LogP contribution in [0, 0.1) is 0 Å². The Labute approximate surface area is 121 Å². The largest absolute Gasteiger partial charge is 0.302 e. The van der Waals surface area contributed by atoms with E-state index in [1.54, 1.807) is 0 Å². The van der Waals surface area contributed by atoms with Crippen LogP contribution in [0.4, 0.5) is 0 Å². The lowest BCUT2D eigenvalue weighted by Gasteiger charge is -2.38. The van der Waals surface area contributed by atoms with Crippen molar-refractivity contribution in [2.45, 2.75) is 31.2 Å². The van der Waals surface area contributed by atoms with Gasteiger partial charge in [0, 0.05) is 38.8 Å². The predicted molar refractivity (Wildman–Crippen MR) is 80.9 cm³/mol. The van der Waals surface area contributed by atoms with Crippen LogP contribution in [0.5, 0.6) is 0 Å². The Morgan fingerprint density at radius 1 is 1.15 bits per heavy atom. The van der Waals surface area contributed by atoms with Gasteiger partial charge in [0.2, 0.25) is 0 Å². The molecule has 3 heteroatoms. The molecule has 1 aliphatic carbocycles. The molecule has 0 aromatic heterocycles. The van der Waals surface area contributed by atoms with Crippen LogP contribution in [0.3, 0.4) is 0 Å². The van der Waals surface area contributed by atoms with Crippen molar-refractivity contribution in [3.8, 4) is 0 Å². The normalized spacial score (nSPS) is 24.2. The molecule has 1 heterocycles. The van der Waals surface area contributed by atoms with E-state index < -0.39 is 0 Å². The molecule has 0 radical (unpaired) electrons. The number of hydrogen-bond donors (Lipinski definition) is 0. The van der Waals surface area contributed by atoms with E-state index in [-0.39, 0.29) is 5.41 Å². The van der Waals surface area contributed by atoms with Crippen LogP contribution in [0.2, 0.25) is 0 Å². The van der Waals surface area contributed by atoms with Crippen LogP contribution >= 0.6 is 0 Å². The minimum atomic E-state index is -0.386. The summed E-state index contributed by atoms with van der Waals surface area (Å²) in [4.78, 5) is 16.7. The van der Waals surface area contributed by atoms with E-state index in [1.807, 2.05) is 18.2 Å². The van der Waals surface area contributed by atoms with Gasteiger partial charge in [-0.15, -0.1) is 0 Å². The standard InChI is InChI=1S/C17H24N2O/c1-17(14-20,15-5-3-2-4-6-15)13-18-9-11-19(12-10-18)16-7-8-16/h2-6,14,16H,7-13H2,1H3. The molecule has 3 rings (SSSR count). The van der Waals surface area contributed by atoms with E-state index in [4.69, 9.17) is 0 Å². The zero-order chi connectivity index (χ0) is 14.0. The van der Waals surface area contributed by atoms with Crippen molar-refractivity contribution in [3.63, 3.8) is 0 Å². The lowest BCUT2D eigenvalue weighted by Crippen LogP contribution is -2.51. The molecule has 108 valence electrons. The van der Waals surface area contributed by atoms with Gasteiger partial charge in [0.1, 0.15) is 6.29 Å². The number of aldehydes is 1. The van der Waals surface area contributed by atoms with Crippen molar-refractivity contribution < 1.29 is 4.79 Å². The maximum Gasteiger partial charge on any atom is 0.131 e. The highest BCUT2D eigenvalue weighted by Gasteiger charge is 2.34. The summed E-state index contributed by atoms with van der Waals surface area (Å²) in [6.45, 7) is 7.39. The van der Waals surface area contributed by atoms with E-state index in [9.17, 15) is 4.79 Å². The van der Waals surface area contributed by atoms with Gasteiger partial charge in [-0.3, -0.25) is 9.80 Å². The topological polar surface area (TPSA) is 23.6 Å². The van der Waals surface area contributed by atoms with Gasteiger partial charge in [0.05, 0.1) is 5.41 Å². The third-order valence-corrected chi connectivity index (χ3v) is 4.72. The third kappa shape index (κ3) is 2.94. The van der Waals surface area contributed by atoms with Crippen molar-refractivity contribution >= 4 is 6.29 Å². The van der Waals surface area contributed by atoms with E-state index in [0.717, 1.165) is 50.6 Å². The molecule has 1 aliphatic heterocycles. The molecule has 3 nitrogen and oxygen atoms in total. The second kappa shape index (κ2) is 5.66. The maximum atomic E-state index is 11.6. The molecule has 2 fully saturated rings. The molecule has 0 spiro atoms. The SMILES string of the molecule is CC(C=O)(CN1CCN(C2CC2)CC1)c1ccccc1. The van der Waals surface area contributed by atoms with Gasteiger partial charge >= 0.3 is 0 Å². The van der Waals surface area contributed by atoms with Gasteiger partial charge in [-0.25, -0.2) is 0 Å². The first-order valence-corrected chi connectivity index (χ1v) is 7.69. The quantitative estimate of drug-likeness (QED) is 0.765. The molecule has 0 bridgehead atoms. The molecule has 1 saturated carbocycles. The fourth-order valence-corrected chi connectivity index (χ4v) is 3.21. The smallest absolute Gasteiger partial charge is 0.131 e. The van der Waals surface area contributed by atoms with Crippen LogP contribution in [-0.2, 0) is 10.2 Å². The lowest BCUT2D eigenvalue weighted by molar-refractivity contribution is -0.113. The predicted octanol–water partition coefficient (Wildman–Crippen LogP) is 1.92. The van der Waals surface area contributed by atoms with Crippen LogP contribution in [0.1, 0.15) is 25.3 Å². The Kier molecular flexibility index (Phi) is 3.90. The highest BCUT2D eigenvalue weighted by molar-refractivity contribution is 5.68. The molecule has 0 N–H and O–H groups in total. The molecular weight excluding hydrogens is 248 g/mol. The second-order valence-electron chi connectivity index (χ2n) is 6.44. The van der Waals surface area contributed by atoms with Crippen molar-refractivity contribution in [2.75, 3.05) is 32.7 Å². The fourth-order valence-electron chi connectivity index (χ4n) is 3.21. The van der Waals surface area contributed by atoms with Crippen molar-refractivity contribution in [1.29, 1.82) is 0 Å². The minimum Gasteiger partial charge on any atom is -0.302 e. The fraction of sp³-hybridized carbons (Fsp3) is 0.588. The molecule has 1 unspecified atom stereocenters. The number of rotatable bonds is 5. The Hall–Kier alpha value is -1.19. The number of carbonyl (C=O) groups excluding carboxylic acids is 1. The van der Waals surface area contributed by atoms with Crippen LogP contribution in [-0.4, -0.2) is 54.9 Å². The summed E-state index contributed by atoms with van der Waals surface area (Å²) in [5.74, 6) is 0. The van der Waals surface area contributed by atoms with Crippen molar-refractivity contribution in [3.05, 3.63) is 35.9 Å². The first kappa shape index (κ1) is 13.8. The zero-order valence-electron chi connectivity index (χ0n) is 12.3. The van der Waals surface area contributed by atoms with Gasteiger partial charge in [0.15, 0.2) is 0 Å². The van der Waals surface area contributed by atoms with E-state index in [2.05, 4.69) is 28.9 Å². The number of hydrogen-bond acceptors (Lipinski definition) is 3. The van der Waals surface area contributed by atoms with Gasteiger partial charge in [-0.1, -0.05) is 30.3 Å². The van der Waals surface area contributed by atoms with Crippen LogP contribution in [0.15, 0.2) is 30.3 Å². The van der Waals surface area contributed by atoms with Gasteiger partial charge in [-0.05, 0) is 25.3 Å². The molecular formula is C17H24N2O. The average molecular weight is 272 g/mol. The molecule has 2 aliphatic rings. The van der Waals surface area contributed by atoms with E-state index in [1.165, 1.54) is 12.8 Å². The zero-order valence-corrected chi connectivity index (χ0v) is 12.3.